The van der Waals surface area contributed by atoms with Crippen molar-refractivity contribution in [3.63, 3.8) is 0 Å². The monoisotopic (exact) mass is 376 g/mol. The van der Waals surface area contributed by atoms with Gasteiger partial charge in [-0.05, 0) is 42.7 Å². The Morgan fingerprint density at radius 1 is 1.14 bits per heavy atom. The van der Waals surface area contributed by atoms with E-state index in [0.717, 1.165) is 42.5 Å². The van der Waals surface area contributed by atoms with E-state index in [2.05, 4.69) is 10.1 Å². The molecule has 0 N–H and O–H groups in total. The number of fused-ring (bicyclic) bond motifs is 2. The number of hydrogen-bond donors (Lipinski definition) is 0. The lowest BCUT2D eigenvalue weighted by Gasteiger charge is -2.25. The van der Waals surface area contributed by atoms with Crippen LogP contribution in [0, 0.1) is 5.82 Å². The molecule has 3 aromatic rings. The Morgan fingerprint density at radius 3 is 2.75 bits per heavy atom. The lowest BCUT2D eigenvalue weighted by atomic mass is 9.80. The van der Waals surface area contributed by atoms with Crippen molar-refractivity contribution in [2.45, 2.75) is 37.6 Å². The third-order valence-electron chi connectivity index (χ3n) is 6.06. The van der Waals surface area contributed by atoms with Crippen LogP contribution in [0.5, 0.6) is 0 Å². The molecule has 1 fully saturated rings. The van der Waals surface area contributed by atoms with Gasteiger partial charge in [0.05, 0.1) is 12.2 Å². The highest BCUT2D eigenvalue weighted by molar-refractivity contribution is 6.07. The van der Waals surface area contributed by atoms with E-state index in [1.165, 1.54) is 12.4 Å². The average molecular weight is 376 g/mol. The molecule has 2 aromatic carbocycles. The molecule has 2 aliphatic rings. The maximum Gasteiger partial charge on any atom is 0.258 e. The lowest BCUT2D eigenvalue weighted by Crippen LogP contribution is -2.35. The summed E-state index contributed by atoms with van der Waals surface area (Å²) in [4.78, 5) is 19.1. The largest absolute Gasteiger partial charge is 0.307 e. The second-order valence-corrected chi connectivity index (χ2v) is 7.81. The van der Waals surface area contributed by atoms with Crippen LogP contribution in [0.2, 0.25) is 0 Å². The summed E-state index contributed by atoms with van der Waals surface area (Å²) in [6, 6.07) is 12.7. The molecule has 142 valence electrons. The molecule has 28 heavy (non-hydrogen) atoms. The van der Waals surface area contributed by atoms with Gasteiger partial charge in [-0.1, -0.05) is 31.0 Å². The summed E-state index contributed by atoms with van der Waals surface area (Å²) in [6.45, 7) is 1.12. The fraction of sp³-hybridized carbons (Fsp3) is 0.318. The molecule has 0 unspecified atom stereocenters. The molecule has 0 bridgehead atoms. The van der Waals surface area contributed by atoms with Gasteiger partial charge in [0.15, 0.2) is 0 Å². The van der Waals surface area contributed by atoms with Crippen molar-refractivity contribution in [2.75, 3.05) is 11.4 Å². The normalized spacial score (nSPS) is 17.2. The SMILES string of the molecule is O=C(c1cccc(Cn2cncn2)c1)N1CC2(CCCC2)c2c(F)cccc21. The fourth-order valence-electron chi connectivity index (χ4n) is 4.83. The van der Waals surface area contributed by atoms with E-state index in [1.807, 2.05) is 30.3 Å². The van der Waals surface area contributed by atoms with Gasteiger partial charge in [-0.3, -0.25) is 4.79 Å². The van der Waals surface area contributed by atoms with Crippen molar-refractivity contribution in [2.24, 2.45) is 0 Å². The van der Waals surface area contributed by atoms with E-state index >= 15 is 0 Å². The van der Waals surface area contributed by atoms with Crippen molar-refractivity contribution in [1.82, 2.24) is 14.8 Å². The summed E-state index contributed by atoms with van der Waals surface area (Å²) in [5.74, 6) is -0.259. The first-order valence-electron chi connectivity index (χ1n) is 9.69. The van der Waals surface area contributed by atoms with Gasteiger partial charge in [0.25, 0.3) is 5.91 Å². The van der Waals surface area contributed by atoms with Gasteiger partial charge in [0.1, 0.15) is 18.5 Å². The molecule has 1 saturated carbocycles. The maximum atomic E-state index is 14.7. The highest BCUT2D eigenvalue weighted by Gasteiger charge is 2.48. The minimum atomic E-state index is -0.228. The Kier molecular flexibility index (Phi) is 4.00. The van der Waals surface area contributed by atoms with Crippen molar-refractivity contribution < 1.29 is 9.18 Å². The Hall–Kier alpha value is -3.02. The number of aromatic nitrogens is 3. The van der Waals surface area contributed by atoms with E-state index in [1.54, 1.807) is 22.0 Å². The second-order valence-electron chi connectivity index (χ2n) is 7.81. The van der Waals surface area contributed by atoms with E-state index in [4.69, 9.17) is 0 Å². The number of anilines is 1. The minimum Gasteiger partial charge on any atom is -0.307 e. The molecule has 0 radical (unpaired) electrons. The van der Waals surface area contributed by atoms with Crippen molar-refractivity contribution in [3.05, 3.63) is 77.6 Å². The average Bonchev–Trinajstić information content (AvgIpc) is 3.44. The number of carbonyl (C=O) groups excluding carboxylic acids is 1. The number of hydrogen-bond acceptors (Lipinski definition) is 3. The summed E-state index contributed by atoms with van der Waals surface area (Å²) in [6.07, 6.45) is 7.20. The van der Waals surface area contributed by atoms with Gasteiger partial charge in [-0.2, -0.15) is 5.10 Å². The molecule has 0 atom stereocenters. The van der Waals surface area contributed by atoms with Crippen LogP contribution in [-0.4, -0.2) is 27.2 Å². The summed E-state index contributed by atoms with van der Waals surface area (Å²) >= 11 is 0. The van der Waals surface area contributed by atoms with Gasteiger partial charge in [0.2, 0.25) is 0 Å². The van der Waals surface area contributed by atoms with Crippen LogP contribution in [-0.2, 0) is 12.0 Å². The topological polar surface area (TPSA) is 51.0 Å². The van der Waals surface area contributed by atoms with Crippen LogP contribution in [0.3, 0.4) is 0 Å². The predicted octanol–water partition coefficient (Wildman–Crippen LogP) is 3.94. The van der Waals surface area contributed by atoms with Crippen molar-refractivity contribution >= 4 is 11.6 Å². The van der Waals surface area contributed by atoms with Gasteiger partial charge < -0.3 is 4.90 Å². The van der Waals surface area contributed by atoms with E-state index in [-0.39, 0.29) is 17.1 Å². The number of nitrogens with zero attached hydrogens (tertiary/aromatic N) is 4. The molecule has 1 aromatic heterocycles. The zero-order valence-electron chi connectivity index (χ0n) is 15.5. The molecule has 5 nitrogen and oxygen atoms in total. The van der Waals surface area contributed by atoms with Crippen LogP contribution < -0.4 is 4.90 Å². The predicted molar refractivity (Wildman–Crippen MR) is 104 cm³/mol. The standard InChI is InChI=1S/C22H21FN4O/c23-18-7-4-8-19-20(18)22(9-1-2-10-22)13-27(19)21(28)17-6-3-5-16(11-17)12-26-15-24-14-25-26/h3-8,11,14-15H,1-2,9-10,12-13H2. The number of halogens is 1. The van der Waals surface area contributed by atoms with Crippen LogP contribution in [0.25, 0.3) is 0 Å². The minimum absolute atomic E-state index is 0.0731. The van der Waals surface area contributed by atoms with E-state index in [9.17, 15) is 9.18 Å². The smallest absolute Gasteiger partial charge is 0.258 e. The summed E-state index contributed by atoms with van der Waals surface area (Å²) in [7, 11) is 0. The number of carbonyl (C=O) groups is 1. The zero-order chi connectivity index (χ0) is 19.1. The highest BCUT2D eigenvalue weighted by atomic mass is 19.1. The first-order valence-corrected chi connectivity index (χ1v) is 9.69. The molecule has 5 rings (SSSR count). The Labute approximate surface area is 162 Å². The van der Waals surface area contributed by atoms with Crippen LogP contribution in [0.4, 0.5) is 10.1 Å². The molecular formula is C22H21FN4O. The van der Waals surface area contributed by atoms with Gasteiger partial charge in [-0.25, -0.2) is 14.1 Å². The molecular weight excluding hydrogens is 355 g/mol. The molecule has 1 amide bonds. The Morgan fingerprint density at radius 2 is 1.96 bits per heavy atom. The van der Waals surface area contributed by atoms with E-state index in [0.29, 0.717) is 18.7 Å². The molecule has 1 spiro atoms. The van der Waals surface area contributed by atoms with Gasteiger partial charge >= 0.3 is 0 Å². The van der Waals surface area contributed by atoms with Crippen LogP contribution >= 0.6 is 0 Å². The Bertz CT molecular complexity index is 1020. The third-order valence-corrected chi connectivity index (χ3v) is 6.06. The summed E-state index contributed by atoms with van der Waals surface area (Å²) < 4.78 is 16.5. The lowest BCUT2D eigenvalue weighted by molar-refractivity contribution is 0.0985. The highest BCUT2D eigenvalue weighted by Crippen LogP contribution is 2.51. The van der Waals surface area contributed by atoms with Crippen molar-refractivity contribution in [3.8, 4) is 0 Å². The zero-order valence-corrected chi connectivity index (χ0v) is 15.5. The molecule has 0 saturated heterocycles. The first kappa shape index (κ1) is 17.1. The second kappa shape index (κ2) is 6.55. The van der Waals surface area contributed by atoms with Crippen molar-refractivity contribution in [1.29, 1.82) is 0 Å². The van der Waals surface area contributed by atoms with Gasteiger partial charge in [-0.15, -0.1) is 0 Å². The molecule has 1 aliphatic carbocycles. The van der Waals surface area contributed by atoms with E-state index < -0.39 is 0 Å². The molecule has 1 aliphatic heterocycles. The first-order chi connectivity index (χ1) is 13.7. The maximum absolute atomic E-state index is 14.7. The third kappa shape index (κ3) is 2.71. The molecule has 2 heterocycles. The number of benzene rings is 2. The quantitative estimate of drug-likeness (QED) is 0.696. The van der Waals surface area contributed by atoms with Gasteiger partial charge in [0, 0.05) is 23.1 Å². The fourth-order valence-corrected chi connectivity index (χ4v) is 4.83. The number of amides is 1. The summed E-state index contributed by atoms with van der Waals surface area (Å²) in [5.41, 5.74) is 2.83. The Balaban J connectivity index is 1.49. The number of rotatable bonds is 3. The van der Waals surface area contributed by atoms with Crippen LogP contribution in [0.15, 0.2) is 55.1 Å². The molecule has 6 heteroatoms. The summed E-state index contributed by atoms with van der Waals surface area (Å²) in [5, 5.41) is 4.12. The van der Waals surface area contributed by atoms with Crippen LogP contribution in [0.1, 0.15) is 47.2 Å².